The van der Waals surface area contributed by atoms with E-state index in [0.29, 0.717) is 22.7 Å². The molecular formula is C27H22ClF2N5O5. The molecule has 0 spiro atoms. The molecule has 206 valence electrons. The Morgan fingerprint density at radius 3 is 2.50 bits per heavy atom. The fraction of sp³-hybridized carbons (Fsp3) is 0.222. The number of alkyl halides is 2. The minimum atomic E-state index is -2.76. The number of aromatic nitrogens is 4. The first-order valence-electron chi connectivity index (χ1n) is 12.2. The van der Waals surface area contributed by atoms with Gasteiger partial charge in [0, 0.05) is 17.8 Å². The third kappa shape index (κ3) is 6.01. The number of aliphatic carboxylic acids is 1. The molecule has 2 N–H and O–H groups in total. The summed E-state index contributed by atoms with van der Waals surface area (Å²) in [5, 5.41) is 9.72. The minimum Gasteiger partial charge on any atom is -0.481 e. The SMILES string of the molecule is O=C(O)C1CC1Cn1c(=O)[nH]/c(=N\c2ccc(Oc3ncccc3C(F)F)cc2)n(Cc2ccc(Cl)cc2)c1=O. The first-order chi connectivity index (χ1) is 19.2. The van der Waals surface area contributed by atoms with Crippen LogP contribution in [0, 0.1) is 11.8 Å². The van der Waals surface area contributed by atoms with Crippen molar-refractivity contribution < 1.29 is 23.4 Å². The molecule has 1 aliphatic rings. The maximum Gasteiger partial charge on any atom is 0.335 e. The predicted molar refractivity (Wildman–Crippen MR) is 140 cm³/mol. The lowest BCUT2D eigenvalue weighted by Crippen LogP contribution is -2.50. The Balaban J connectivity index is 1.49. The zero-order valence-corrected chi connectivity index (χ0v) is 21.5. The van der Waals surface area contributed by atoms with Gasteiger partial charge < -0.3 is 9.84 Å². The van der Waals surface area contributed by atoms with Gasteiger partial charge in [0.05, 0.1) is 23.7 Å². The van der Waals surface area contributed by atoms with E-state index in [1.807, 2.05) is 0 Å². The molecule has 40 heavy (non-hydrogen) atoms. The van der Waals surface area contributed by atoms with E-state index in [4.69, 9.17) is 16.3 Å². The highest BCUT2D eigenvalue weighted by atomic mass is 35.5. The third-order valence-corrected chi connectivity index (χ3v) is 6.67. The van der Waals surface area contributed by atoms with Gasteiger partial charge in [-0.1, -0.05) is 23.7 Å². The summed E-state index contributed by atoms with van der Waals surface area (Å²) in [6.07, 6.45) is -1.03. The average molecular weight is 570 g/mol. The summed E-state index contributed by atoms with van der Waals surface area (Å²) in [6, 6.07) is 15.4. The van der Waals surface area contributed by atoms with E-state index in [1.54, 1.807) is 24.3 Å². The Labute approximate surface area is 229 Å². The van der Waals surface area contributed by atoms with Gasteiger partial charge in [0.15, 0.2) is 0 Å². The van der Waals surface area contributed by atoms with Crippen LogP contribution in [-0.2, 0) is 17.9 Å². The summed E-state index contributed by atoms with van der Waals surface area (Å²) in [5.41, 5.74) is -0.702. The van der Waals surface area contributed by atoms with Crippen LogP contribution >= 0.6 is 11.6 Å². The largest absolute Gasteiger partial charge is 0.481 e. The van der Waals surface area contributed by atoms with E-state index in [1.165, 1.54) is 47.2 Å². The molecule has 2 aromatic heterocycles. The maximum absolute atomic E-state index is 13.4. The van der Waals surface area contributed by atoms with E-state index < -0.39 is 29.7 Å². The van der Waals surface area contributed by atoms with Gasteiger partial charge >= 0.3 is 17.3 Å². The van der Waals surface area contributed by atoms with Crippen molar-refractivity contribution in [1.29, 1.82) is 0 Å². The number of carboxylic acid groups (broad SMARTS) is 1. The molecule has 1 saturated carbocycles. The Morgan fingerprint density at radius 2 is 1.85 bits per heavy atom. The smallest absolute Gasteiger partial charge is 0.335 e. The Hall–Kier alpha value is -4.58. The molecule has 13 heteroatoms. The highest BCUT2D eigenvalue weighted by Crippen LogP contribution is 2.39. The summed E-state index contributed by atoms with van der Waals surface area (Å²) in [7, 11) is 0. The number of nitrogens with zero attached hydrogens (tertiary/aromatic N) is 4. The number of carbonyl (C=O) groups is 1. The van der Waals surface area contributed by atoms with E-state index in [2.05, 4.69) is 15.0 Å². The lowest BCUT2D eigenvalue weighted by Gasteiger charge is -2.11. The summed E-state index contributed by atoms with van der Waals surface area (Å²) in [4.78, 5) is 48.5. The van der Waals surface area contributed by atoms with Crippen LogP contribution in [0.2, 0.25) is 5.02 Å². The van der Waals surface area contributed by atoms with Gasteiger partial charge in [-0.25, -0.2) is 32.9 Å². The molecule has 1 aliphatic carbocycles. The molecular weight excluding hydrogens is 548 g/mol. The van der Waals surface area contributed by atoms with Gasteiger partial charge in [-0.2, -0.15) is 0 Å². The zero-order chi connectivity index (χ0) is 28.4. The van der Waals surface area contributed by atoms with E-state index >= 15 is 0 Å². The highest BCUT2D eigenvalue weighted by molar-refractivity contribution is 6.30. The number of benzene rings is 2. The second-order valence-electron chi connectivity index (χ2n) is 9.21. The number of hydrogen-bond acceptors (Lipinski definition) is 6. The minimum absolute atomic E-state index is 0.0355. The number of pyridine rings is 1. The van der Waals surface area contributed by atoms with Crippen molar-refractivity contribution in [2.75, 3.05) is 0 Å². The van der Waals surface area contributed by atoms with Gasteiger partial charge in [-0.05, 0) is 66.4 Å². The number of carboxylic acids is 1. The van der Waals surface area contributed by atoms with Crippen LogP contribution in [0.5, 0.6) is 11.6 Å². The van der Waals surface area contributed by atoms with Crippen molar-refractivity contribution >= 4 is 23.3 Å². The Morgan fingerprint density at radius 1 is 1.12 bits per heavy atom. The van der Waals surface area contributed by atoms with Gasteiger partial charge in [-0.15, -0.1) is 0 Å². The summed E-state index contributed by atoms with van der Waals surface area (Å²) in [6.45, 7) is 0.0160. The Bertz CT molecular complexity index is 1730. The number of H-pyrrole nitrogens is 1. The number of hydrogen-bond donors (Lipinski definition) is 2. The van der Waals surface area contributed by atoms with Crippen molar-refractivity contribution in [2.45, 2.75) is 25.9 Å². The highest BCUT2D eigenvalue weighted by Gasteiger charge is 2.43. The van der Waals surface area contributed by atoms with E-state index in [0.717, 1.165) is 4.57 Å². The van der Waals surface area contributed by atoms with Crippen LogP contribution in [0.1, 0.15) is 24.0 Å². The standard InChI is InChI=1S/C27H22ClF2N5O5/c28-17-5-3-15(4-6-17)13-34-25(33-26(38)35(27(34)39)14-16-12-21(16)24(36)37)32-18-7-9-19(10-8-18)40-23-20(22(29)30)2-1-11-31-23/h1-11,16,21-22H,12-14H2,(H,36,37)(H,32,33,38). The molecule has 0 radical (unpaired) electrons. The van der Waals surface area contributed by atoms with Crippen LogP contribution in [0.25, 0.3) is 0 Å². The van der Waals surface area contributed by atoms with Crippen molar-refractivity contribution in [1.82, 2.24) is 19.1 Å². The second-order valence-corrected chi connectivity index (χ2v) is 9.64. The number of halogens is 3. The molecule has 0 bridgehead atoms. The average Bonchev–Trinajstić information content (AvgIpc) is 3.71. The van der Waals surface area contributed by atoms with Gasteiger partial charge in [0.25, 0.3) is 6.43 Å². The Kier molecular flexibility index (Phi) is 7.60. The number of rotatable bonds is 9. The van der Waals surface area contributed by atoms with Gasteiger partial charge in [-0.3, -0.25) is 14.3 Å². The monoisotopic (exact) mass is 569 g/mol. The maximum atomic E-state index is 13.4. The molecule has 0 aliphatic heterocycles. The molecule has 2 unspecified atom stereocenters. The molecule has 2 atom stereocenters. The molecule has 0 amide bonds. The molecule has 1 fully saturated rings. The molecule has 0 saturated heterocycles. The molecule has 2 heterocycles. The van der Waals surface area contributed by atoms with Gasteiger partial charge in [0.1, 0.15) is 5.75 Å². The fourth-order valence-electron chi connectivity index (χ4n) is 4.18. The lowest BCUT2D eigenvalue weighted by molar-refractivity contribution is -0.138. The number of nitrogens with one attached hydrogen (secondary N) is 1. The lowest BCUT2D eigenvalue weighted by atomic mass is 10.2. The van der Waals surface area contributed by atoms with Crippen molar-refractivity contribution in [3.63, 3.8) is 0 Å². The fourth-order valence-corrected chi connectivity index (χ4v) is 4.31. The molecule has 5 rings (SSSR count). The van der Waals surface area contributed by atoms with Crippen LogP contribution in [0.3, 0.4) is 0 Å². The quantitative estimate of drug-likeness (QED) is 0.312. The zero-order valence-electron chi connectivity index (χ0n) is 20.7. The van der Waals surface area contributed by atoms with Crippen LogP contribution < -0.4 is 21.7 Å². The summed E-state index contributed by atoms with van der Waals surface area (Å²) < 4.78 is 34.3. The van der Waals surface area contributed by atoms with Crippen LogP contribution in [-0.4, -0.2) is 30.2 Å². The first-order valence-corrected chi connectivity index (χ1v) is 12.5. The molecule has 4 aromatic rings. The first kappa shape index (κ1) is 27.0. The van der Waals surface area contributed by atoms with Crippen molar-refractivity contribution in [3.8, 4) is 11.6 Å². The van der Waals surface area contributed by atoms with Gasteiger partial charge in [0.2, 0.25) is 11.5 Å². The molecule has 10 nitrogen and oxygen atoms in total. The van der Waals surface area contributed by atoms with Crippen LogP contribution in [0.4, 0.5) is 14.5 Å². The topological polar surface area (TPSA) is 132 Å². The molecule has 2 aromatic carbocycles. The predicted octanol–water partition coefficient (Wildman–Crippen LogP) is 4.12. The second kappa shape index (κ2) is 11.3. The summed E-state index contributed by atoms with van der Waals surface area (Å²) >= 11 is 5.98. The number of ether oxygens (including phenoxy) is 1. The van der Waals surface area contributed by atoms with Crippen LogP contribution in [0.15, 0.2) is 81.4 Å². The normalized spacial score (nSPS) is 16.8. The number of aromatic amines is 1. The van der Waals surface area contributed by atoms with Crippen molar-refractivity contribution in [3.05, 3.63) is 110 Å². The van der Waals surface area contributed by atoms with E-state index in [-0.39, 0.29) is 41.8 Å². The summed E-state index contributed by atoms with van der Waals surface area (Å²) in [5.74, 6) is -1.87. The third-order valence-electron chi connectivity index (χ3n) is 6.41. The van der Waals surface area contributed by atoms with E-state index in [9.17, 15) is 28.3 Å². The van der Waals surface area contributed by atoms with Crippen molar-refractivity contribution in [2.24, 2.45) is 16.8 Å².